The van der Waals surface area contributed by atoms with Crippen LogP contribution in [-0.4, -0.2) is 35.1 Å². The van der Waals surface area contributed by atoms with Gasteiger partial charge in [-0.15, -0.1) is 36.6 Å². The Labute approximate surface area is 146 Å². The number of thioether (sulfide) groups is 1. The van der Waals surface area contributed by atoms with Gasteiger partial charge in [-0.25, -0.2) is 0 Å². The molecule has 4 nitrogen and oxygen atoms in total. The zero-order chi connectivity index (χ0) is 13.8. The largest absolute Gasteiger partial charge is 0.354 e. The molecule has 2 N–H and O–H groups in total. The summed E-state index contributed by atoms with van der Waals surface area (Å²) < 4.78 is 0. The highest BCUT2D eigenvalue weighted by Crippen LogP contribution is 2.16. The lowest BCUT2D eigenvalue weighted by Crippen LogP contribution is -2.42. The summed E-state index contributed by atoms with van der Waals surface area (Å²) in [5.74, 6) is 1.83. The molecule has 2 heterocycles. The minimum absolute atomic E-state index is 0. The van der Waals surface area contributed by atoms with Crippen molar-refractivity contribution in [3.63, 3.8) is 0 Å². The summed E-state index contributed by atoms with van der Waals surface area (Å²) in [4.78, 5) is 16.3. The molecule has 2 aromatic rings. The van der Waals surface area contributed by atoms with Crippen LogP contribution in [0.1, 0.15) is 5.56 Å². The summed E-state index contributed by atoms with van der Waals surface area (Å²) in [6, 6.07) is 10.1. The zero-order valence-electron chi connectivity index (χ0n) is 12.0. The average Bonchev–Trinajstić information content (AvgIpc) is 3.02. The van der Waals surface area contributed by atoms with E-state index >= 15 is 0 Å². The minimum Gasteiger partial charge on any atom is -0.354 e. The van der Waals surface area contributed by atoms with E-state index in [1.807, 2.05) is 18.3 Å². The first-order chi connectivity index (χ1) is 9.84. The van der Waals surface area contributed by atoms with Crippen LogP contribution in [0, 0.1) is 0 Å². The Kier molecular flexibility index (Phi) is 7.96. The Hall–Kier alpha value is -1.01. The molecular weight excluding hydrogens is 341 g/mol. The molecule has 1 aliphatic rings. The summed E-state index contributed by atoms with van der Waals surface area (Å²) in [5.41, 5.74) is 2.20. The van der Waals surface area contributed by atoms with E-state index in [1.165, 1.54) is 5.56 Å². The normalized spacial score (nSPS) is 16.6. The van der Waals surface area contributed by atoms with E-state index in [1.54, 1.807) is 11.8 Å². The molecule has 0 spiro atoms. The fourth-order valence-corrected chi connectivity index (χ4v) is 3.32. The van der Waals surface area contributed by atoms with Crippen molar-refractivity contribution in [3.8, 4) is 0 Å². The molecule has 1 aliphatic heterocycles. The lowest BCUT2D eigenvalue weighted by Gasteiger charge is -2.11. The fourth-order valence-electron chi connectivity index (χ4n) is 2.38. The lowest BCUT2D eigenvalue weighted by atomic mass is 10.1. The maximum Gasteiger partial charge on any atom is 0.238 e. The molecule has 1 fully saturated rings. The Bertz CT molecular complexity index is 615. The number of hydrogen-bond acceptors (Lipinski definition) is 4. The lowest BCUT2D eigenvalue weighted by molar-refractivity contribution is -0.122. The molecule has 0 aliphatic carbocycles. The van der Waals surface area contributed by atoms with Gasteiger partial charge in [-0.2, -0.15) is 0 Å². The predicted octanol–water partition coefficient (Wildman–Crippen LogP) is 2.40. The van der Waals surface area contributed by atoms with Gasteiger partial charge in [0, 0.05) is 29.8 Å². The Morgan fingerprint density at radius 1 is 1.32 bits per heavy atom. The molecule has 120 valence electrons. The van der Waals surface area contributed by atoms with Crippen molar-refractivity contribution in [2.75, 3.05) is 18.2 Å². The predicted molar refractivity (Wildman–Crippen MR) is 97.2 cm³/mol. The minimum atomic E-state index is -0.0364. The van der Waals surface area contributed by atoms with Gasteiger partial charge < -0.3 is 5.32 Å². The number of rotatable bonds is 4. The van der Waals surface area contributed by atoms with Crippen LogP contribution in [0.3, 0.4) is 0 Å². The number of halogens is 2. The maximum atomic E-state index is 11.9. The second-order valence-electron chi connectivity index (χ2n) is 4.81. The number of nitrogens with one attached hydrogen (secondary N) is 2. The van der Waals surface area contributed by atoms with Crippen LogP contribution < -0.4 is 10.6 Å². The smallest absolute Gasteiger partial charge is 0.238 e. The number of benzene rings is 1. The van der Waals surface area contributed by atoms with E-state index in [4.69, 9.17) is 0 Å². The van der Waals surface area contributed by atoms with Crippen molar-refractivity contribution >= 4 is 53.4 Å². The summed E-state index contributed by atoms with van der Waals surface area (Å²) in [6.07, 6.45) is 2.62. The van der Waals surface area contributed by atoms with Gasteiger partial charge in [-0.05, 0) is 18.1 Å². The second kappa shape index (κ2) is 9.20. The number of pyridine rings is 1. The van der Waals surface area contributed by atoms with Crippen LogP contribution in [0.15, 0.2) is 36.5 Å². The first-order valence-corrected chi connectivity index (χ1v) is 7.91. The van der Waals surface area contributed by atoms with Gasteiger partial charge in [0.05, 0.1) is 11.6 Å². The summed E-state index contributed by atoms with van der Waals surface area (Å²) in [7, 11) is 0. The Morgan fingerprint density at radius 2 is 2.14 bits per heavy atom. The molecule has 7 heteroatoms. The highest BCUT2D eigenvalue weighted by Gasteiger charge is 2.21. The van der Waals surface area contributed by atoms with Crippen LogP contribution in [0.5, 0.6) is 0 Å². The molecule has 1 atom stereocenters. The molecule has 1 aromatic heterocycles. The zero-order valence-corrected chi connectivity index (χ0v) is 14.4. The monoisotopic (exact) mass is 359 g/mol. The van der Waals surface area contributed by atoms with Crippen molar-refractivity contribution in [2.24, 2.45) is 0 Å². The van der Waals surface area contributed by atoms with E-state index in [0.717, 1.165) is 29.0 Å². The number of nitrogens with zero attached hydrogens (tertiary/aromatic N) is 1. The Balaban J connectivity index is 0.00000121. The van der Waals surface area contributed by atoms with E-state index in [2.05, 4.69) is 33.8 Å². The summed E-state index contributed by atoms with van der Waals surface area (Å²) >= 11 is 1.76. The molecule has 0 radical (unpaired) electrons. The van der Waals surface area contributed by atoms with Gasteiger partial charge in [-0.1, -0.05) is 24.3 Å². The SMILES string of the molecule is Cl.Cl.O=C(NCCc1cccc2cccnc12)C1CSCN1. The van der Waals surface area contributed by atoms with Crippen LogP contribution in [0.4, 0.5) is 0 Å². The van der Waals surface area contributed by atoms with Crippen LogP contribution in [-0.2, 0) is 11.2 Å². The van der Waals surface area contributed by atoms with Crippen LogP contribution >= 0.6 is 36.6 Å². The topological polar surface area (TPSA) is 54.0 Å². The number of carbonyl (C=O) groups excluding carboxylic acids is 1. The highest BCUT2D eigenvalue weighted by molar-refractivity contribution is 7.99. The van der Waals surface area contributed by atoms with Crippen molar-refractivity contribution in [2.45, 2.75) is 12.5 Å². The van der Waals surface area contributed by atoms with Gasteiger partial charge in [0.25, 0.3) is 0 Å². The Morgan fingerprint density at radius 3 is 2.91 bits per heavy atom. The number of aromatic nitrogens is 1. The van der Waals surface area contributed by atoms with Crippen molar-refractivity contribution in [3.05, 3.63) is 42.1 Å². The first-order valence-electron chi connectivity index (χ1n) is 6.76. The molecular formula is C15H19Cl2N3OS. The fraction of sp³-hybridized carbons (Fsp3) is 0.333. The molecule has 1 unspecified atom stereocenters. The molecule has 1 amide bonds. The number of fused-ring (bicyclic) bond motifs is 1. The first kappa shape index (κ1) is 19.0. The van der Waals surface area contributed by atoms with E-state index in [0.29, 0.717) is 6.54 Å². The van der Waals surface area contributed by atoms with E-state index < -0.39 is 0 Å². The molecule has 3 rings (SSSR count). The van der Waals surface area contributed by atoms with Crippen molar-refractivity contribution < 1.29 is 4.79 Å². The molecule has 1 aromatic carbocycles. The van der Waals surface area contributed by atoms with E-state index in [9.17, 15) is 4.79 Å². The highest BCUT2D eigenvalue weighted by atomic mass is 35.5. The molecule has 0 saturated carbocycles. The third kappa shape index (κ3) is 4.49. The van der Waals surface area contributed by atoms with Crippen molar-refractivity contribution in [1.29, 1.82) is 0 Å². The maximum absolute atomic E-state index is 11.9. The van der Waals surface area contributed by atoms with Gasteiger partial charge >= 0.3 is 0 Å². The van der Waals surface area contributed by atoms with E-state index in [-0.39, 0.29) is 36.8 Å². The number of carbonyl (C=O) groups is 1. The quantitative estimate of drug-likeness (QED) is 0.879. The summed E-state index contributed by atoms with van der Waals surface area (Å²) in [5, 5.41) is 7.31. The number of para-hydroxylation sites is 1. The number of amides is 1. The third-order valence-electron chi connectivity index (χ3n) is 3.44. The molecule has 1 saturated heterocycles. The van der Waals surface area contributed by atoms with Crippen LogP contribution in [0.25, 0.3) is 10.9 Å². The van der Waals surface area contributed by atoms with Crippen molar-refractivity contribution in [1.82, 2.24) is 15.6 Å². The standard InChI is InChI=1S/C15H17N3OS.2ClH/c19-15(13-9-20-10-18-13)17-8-6-12-4-1-3-11-5-2-7-16-14(11)12;;/h1-5,7,13,18H,6,8-10H2,(H,17,19);2*1H. The average molecular weight is 360 g/mol. The van der Waals surface area contributed by atoms with Crippen LogP contribution in [0.2, 0.25) is 0 Å². The van der Waals surface area contributed by atoms with Gasteiger partial charge in [0.2, 0.25) is 5.91 Å². The molecule has 0 bridgehead atoms. The van der Waals surface area contributed by atoms with Gasteiger partial charge in [-0.3, -0.25) is 15.1 Å². The van der Waals surface area contributed by atoms with Gasteiger partial charge in [0.1, 0.15) is 0 Å². The second-order valence-corrected chi connectivity index (χ2v) is 5.84. The summed E-state index contributed by atoms with van der Waals surface area (Å²) in [6.45, 7) is 0.650. The van der Waals surface area contributed by atoms with Gasteiger partial charge in [0.15, 0.2) is 0 Å². The number of hydrogen-bond donors (Lipinski definition) is 2. The third-order valence-corrected chi connectivity index (χ3v) is 4.38. The molecule has 22 heavy (non-hydrogen) atoms.